The molecule has 0 radical (unpaired) electrons. The molecule has 1 aliphatic rings. The summed E-state index contributed by atoms with van der Waals surface area (Å²) < 4.78 is 0. The summed E-state index contributed by atoms with van der Waals surface area (Å²) in [6.45, 7) is 3.03. The summed E-state index contributed by atoms with van der Waals surface area (Å²) in [5.41, 5.74) is 0.556. The Labute approximate surface area is 168 Å². The van der Waals surface area contributed by atoms with E-state index in [9.17, 15) is 9.59 Å². The van der Waals surface area contributed by atoms with Crippen molar-refractivity contribution in [2.75, 3.05) is 11.4 Å². The number of nitrogens with zero attached hydrogens (tertiary/aromatic N) is 1. The number of halogens is 1. The van der Waals surface area contributed by atoms with Crippen molar-refractivity contribution in [2.24, 2.45) is 0 Å². The molecular formula is C22H33ClN2O2. The monoisotopic (exact) mass is 392 g/mol. The molecular weight excluding hydrogens is 360 g/mol. The van der Waals surface area contributed by atoms with Gasteiger partial charge in [-0.15, -0.1) is 0 Å². The number of rotatable bonds is 13. The van der Waals surface area contributed by atoms with Gasteiger partial charge in [0.25, 0.3) is 5.91 Å². The van der Waals surface area contributed by atoms with Crippen LogP contribution >= 0.6 is 11.6 Å². The van der Waals surface area contributed by atoms with E-state index in [0.717, 1.165) is 13.0 Å². The predicted molar refractivity (Wildman–Crippen MR) is 112 cm³/mol. The van der Waals surface area contributed by atoms with Crippen LogP contribution < -0.4 is 10.2 Å². The number of imide groups is 1. The molecule has 27 heavy (non-hydrogen) atoms. The van der Waals surface area contributed by atoms with Gasteiger partial charge in [-0.1, -0.05) is 82.4 Å². The topological polar surface area (TPSA) is 49.4 Å². The highest BCUT2D eigenvalue weighted by Gasteiger charge is 2.39. The number of carbonyl (C=O) groups excluding carboxylic acids is 2. The fourth-order valence-corrected chi connectivity index (χ4v) is 3.75. The molecule has 1 aromatic carbocycles. The van der Waals surface area contributed by atoms with Crippen LogP contribution in [0.1, 0.15) is 77.6 Å². The fraction of sp³-hybridized carbons (Fsp3) is 0.636. The van der Waals surface area contributed by atoms with E-state index in [1.807, 2.05) is 0 Å². The van der Waals surface area contributed by atoms with Crippen LogP contribution in [0.15, 0.2) is 24.3 Å². The minimum Gasteiger partial charge on any atom is -0.305 e. The molecule has 0 spiro atoms. The van der Waals surface area contributed by atoms with Crippen LogP contribution in [0.25, 0.3) is 0 Å². The van der Waals surface area contributed by atoms with Crippen molar-refractivity contribution in [1.82, 2.24) is 5.32 Å². The van der Waals surface area contributed by atoms with Crippen molar-refractivity contribution in [2.45, 2.75) is 83.6 Å². The zero-order valence-electron chi connectivity index (χ0n) is 16.5. The molecule has 0 saturated carbocycles. The van der Waals surface area contributed by atoms with E-state index in [-0.39, 0.29) is 18.2 Å². The van der Waals surface area contributed by atoms with Gasteiger partial charge < -0.3 is 5.32 Å². The summed E-state index contributed by atoms with van der Waals surface area (Å²) >= 11 is 5.98. The molecule has 2 amide bonds. The number of unbranched alkanes of at least 4 members (excludes halogenated alkanes) is 9. The Balaban J connectivity index is 1.59. The van der Waals surface area contributed by atoms with Crippen molar-refractivity contribution in [3.05, 3.63) is 29.3 Å². The van der Waals surface area contributed by atoms with Crippen LogP contribution in [0, 0.1) is 0 Å². The van der Waals surface area contributed by atoms with Crippen LogP contribution in [0.4, 0.5) is 5.69 Å². The number of benzene rings is 1. The van der Waals surface area contributed by atoms with Crippen molar-refractivity contribution in [3.8, 4) is 0 Å². The van der Waals surface area contributed by atoms with Gasteiger partial charge in [0.15, 0.2) is 0 Å². The first-order valence-corrected chi connectivity index (χ1v) is 10.9. The van der Waals surface area contributed by atoms with E-state index >= 15 is 0 Å². The van der Waals surface area contributed by atoms with Gasteiger partial charge in [0.1, 0.15) is 0 Å². The normalized spacial score (nSPS) is 17.1. The molecule has 0 aromatic heterocycles. The average molecular weight is 393 g/mol. The summed E-state index contributed by atoms with van der Waals surface area (Å²) in [7, 11) is 0. The van der Waals surface area contributed by atoms with Crippen LogP contribution in [-0.4, -0.2) is 24.4 Å². The Kier molecular flexibility index (Phi) is 9.85. The second-order valence-corrected chi connectivity index (χ2v) is 7.88. The molecule has 1 heterocycles. The Bertz CT molecular complexity index is 606. The van der Waals surface area contributed by atoms with E-state index in [1.54, 1.807) is 24.3 Å². The zero-order valence-corrected chi connectivity index (χ0v) is 17.3. The molecule has 150 valence electrons. The van der Waals surface area contributed by atoms with Gasteiger partial charge in [0, 0.05) is 5.02 Å². The molecule has 0 unspecified atom stereocenters. The Morgan fingerprint density at radius 2 is 1.63 bits per heavy atom. The molecule has 1 fully saturated rings. The van der Waals surface area contributed by atoms with Gasteiger partial charge in [-0.2, -0.15) is 0 Å². The molecule has 5 heteroatoms. The summed E-state index contributed by atoms with van der Waals surface area (Å²) in [6.07, 6.45) is 13.1. The molecule has 1 N–H and O–H groups in total. The lowest BCUT2D eigenvalue weighted by Crippen LogP contribution is -2.39. The summed E-state index contributed by atoms with van der Waals surface area (Å²) in [4.78, 5) is 26.0. The Hall–Kier alpha value is -1.39. The van der Waals surface area contributed by atoms with Crippen molar-refractivity contribution >= 4 is 29.1 Å². The molecule has 1 saturated heterocycles. The van der Waals surface area contributed by atoms with Crippen LogP contribution in [0.5, 0.6) is 0 Å². The van der Waals surface area contributed by atoms with Crippen LogP contribution in [0.2, 0.25) is 5.02 Å². The molecule has 1 aromatic rings. The average Bonchev–Trinajstić information content (AvgIpc) is 2.93. The van der Waals surface area contributed by atoms with E-state index < -0.39 is 6.04 Å². The smallest absolute Gasteiger partial charge is 0.251 e. The van der Waals surface area contributed by atoms with Crippen LogP contribution in [-0.2, 0) is 9.59 Å². The van der Waals surface area contributed by atoms with Crippen LogP contribution in [0.3, 0.4) is 0 Å². The third-order valence-corrected chi connectivity index (χ3v) is 5.37. The minimum atomic E-state index is -0.407. The van der Waals surface area contributed by atoms with Crippen molar-refractivity contribution < 1.29 is 9.59 Å². The second-order valence-electron chi connectivity index (χ2n) is 7.44. The Morgan fingerprint density at radius 3 is 2.26 bits per heavy atom. The second kappa shape index (κ2) is 12.1. The first-order valence-electron chi connectivity index (χ1n) is 10.5. The number of hydrogen-bond acceptors (Lipinski definition) is 3. The standard InChI is InChI=1S/C22H33ClN2O2/c1-2-3-4-5-6-7-8-9-10-11-15-24-20-17-21(26)25(22(20)27)19-14-12-13-18(23)16-19/h12-14,16,20,24H,2-11,15,17H2,1H3/t20-/m1/s1. The third-order valence-electron chi connectivity index (χ3n) is 5.13. The number of carbonyl (C=O) groups is 2. The molecule has 2 rings (SSSR count). The lowest BCUT2D eigenvalue weighted by molar-refractivity contribution is -0.121. The van der Waals surface area contributed by atoms with Gasteiger partial charge >= 0.3 is 0 Å². The van der Waals surface area contributed by atoms with Gasteiger partial charge in [-0.05, 0) is 31.2 Å². The Morgan fingerprint density at radius 1 is 1.00 bits per heavy atom. The molecule has 4 nitrogen and oxygen atoms in total. The lowest BCUT2D eigenvalue weighted by atomic mass is 10.1. The van der Waals surface area contributed by atoms with Gasteiger partial charge in [0.05, 0.1) is 18.2 Å². The van der Waals surface area contributed by atoms with Crippen molar-refractivity contribution in [3.63, 3.8) is 0 Å². The highest BCUT2D eigenvalue weighted by Crippen LogP contribution is 2.25. The highest BCUT2D eigenvalue weighted by molar-refractivity contribution is 6.31. The molecule has 0 aliphatic carbocycles. The predicted octanol–water partition coefficient (Wildman–Crippen LogP) is 5.48. The van der Waals surface area contributed by atoms with E-state index in [2.05, 4.69) is 12.2 Å². The molecule has 1 aliphatic heterocycles. The van der Waals surface area contributed by atoms with Crippen molar-refractivity contribution in [1.29, 1.82) is 0 Å². The fourth-order valence-electron chi connectivity index (χ4n) is 3.57. The first kappa shape index (κ1) is 21.9. The maximum Gasteiger partial charge on any atom is 0.251 e. The van der Waals surface area contributed by atoms with E-state index in [0.29, 0.717) is 10.7 Å². The van der Waals surface area contributed by atoms with Gasteiger partial charge in [-0.3, -0.25) is 9.59 Å². The number of amides is 2. The summed E-state index contributed by atoms with van der Waals surface area (Å²) in [6, 6.07) is 6.48. The summed E-state index contributed by atoms with van der Waals surface area (Å²) in [5, 5.41) is 3.78. The maximum absolute atomic E-state index is 12.5. The first-order chi connectivity index (χ1) is 13.1. The zero-order chi connectivity index (χ0) is 19.5. The molecule has 0 bridgehead atoms. The largest absolute Gasteiger partial charge is 0.305 e. The lowest BCUT2D eigenvalue weighted by Gasteiger charge is -2.15. The van der Waals surface area contributed by atoms with Gasteiger partial charge in [0.2, 0.25) is 5.91 Å². The number of anilines is 1. The number of hydrogen-bond donors (Lipinski definition) is 1. The maximum atomic E-state index is 12.5. The van der Waals surface area contributed by atoms with Gasteiger partial charge in [-0.25, -0.2) is 4.90 Å². The third kappa shape index (κ3) is 7.27. The van der Waals surface area contributed by atoms with E-state index in [1.165, 1.54) is 62.7 Å². The SMILES string of the molecule is CCCCCCCCCCCCN[C@@H]1CC(=O)N(c2cccc(Cl)c2)C1=O. The summed E-state index contributed by atoms with van der Waals surface area (Å²) in [5.74, 6) is -0.336. The van der Waals surface area contributed by atoms with E-state index in [4.69, 9.17) is 11.6 Å². The quantitative estimate of drug-likeness (QED) is 0.357. The minimum absolute atomic E-state index is 0.164. The molecule has 1 atom stereocenters. The highest BCUT2D eigenvalue weighted by atomic mass is 35.5. The number of nitrogens with one attached hydrogen (secondary N) is 1.